The van der Waals surface area contributed by atoms with Gasteiger partial charge in [-0.15, -0.1) is 11.6 Å². The van der Waals surface area contributed by atoms with Crippen molar-refractivity contribution in [1.29, 1.82) is 0 Å². The molecule has 0 aromatic carbocycles. The van der Waals surface area contributed by atoms with Crippen LogP contribution in [0.4, 0.5) is 0 Å². The van der Waals surface area contributed by atoms with Crippen LogP contribution in [0.2, 0.25) is 0 Å². The summed E-state index contributed by atoms with van der Waals surface area (Å²) in [5.41, 5.74) is 1.16. The summed E-state index contributed by atoms with van der Waals surface area (Å²) in [7, 11) is 0. The lowest BCUT2D eigenvalue weighted by Gasteiger charge is -2.12. The van der Waals surface area contributed by atoms with E-state index in [0.29, 0.717) is 6.04 Å². The predicted octanol–water partition coefficient (Wildman–Crippen LogP) is 3.42. The average Bonchev–Trinajstić information content (AvgIpc) is 2.65. The van der Waals surface area contributed by atoms with Crippen LogP contribution in [0.25, 0.3) is 0 Å². The van der Waals surface area contributed by atoms with E-state index in [-0.39, 0.29) is 0 Å². The van der Waals surface area contributed by atoms with Crippen molar-refractivity contribution >= 4 is 11.6 Å². The summed E-state index contributed by atoms with van der Waals surface area (Å²) in [6.07, 6.45) is 6.39. The molecule has 0 fully saturated rings. The van der Waals surface area contributed by atoms with Crippen molar-refractivity contribution in [2.24, 2.45) is 0 Å². The van der Waals surface area contributed by atoms with Gasteiger partial charge in [-0.25, -0.2) is 0 Å². The third-order valence-corrected chi connectivity index (χ3v) is 2.81. The lowest BCUT2D eigenvalue weighted by Crippen LogP contribution is -2.07. The van der Waals surface area contributed by atoms with Gasteiger partial charge in [0.2, 0.25) is 0 Å². The van der Waals surface area contributed by atoms with Gasteiger partial charge in [-0.3, -0.25) is 4.68 Å². The zero-order chi connectivity index (χ0) is 10.4. The minimum atomic E-state index is 0.555. The number of alkyl halides is 1. The molecule has 0 atom stereocenters. The van der Waals surface area contributed by atoms with E-state index in [1.54, 1.807) is 0 Å². The Morgan fingerprint density at radius 2 is 2.14 bits per heavy atom. The van der Waals surface area contributed by atoms with Crippen molar-refractivity contribution in [3.05, 3.63) is 18.0 Å². The van der Waals surface area contributed by atoms with E-state index in [1.807, 2.05) is 0 Å². The number of halogens is 1. The van der Waals surface area contributed by atoms with Gasteiger partial charge in [-0.2, -0.15) is 5.10 Å². The molecule has 0 saturated carbocycles. The molecule has 0 aliphatic heterocycles. The number of hydrogen-bond donors (Lipinski definition) is 0. The second-order valence-corrected chi connectivity index (χ2v) is 3.93. The van der Waals surface area contributed by atoms with Gasteiger partial charge in [0.05, 0.1) is 11.7 Å². The summed E-state index contributed by atoms with van der Waals surface area (Å²) in [6.45, 7) is 4.41. The van der Waals surface area contributed by atoms with Gasteiger partial charge >= 0.3 is 0 Å². The molecule has 2 nitrogen and oxygen atoms in total. The molecule has 1 rings (SSSR count). The van der Waals surface area contributed by atoms with Crippen LogP contribution in [-0.2, 0) is 6.42 Å². The Morgan fingerprint density at radius 1 is 1.43 bits per heavy atom. The minimum Gasteiger partial charge on any atom is -0.269 e. The summed E-state index contributed by atoms with van der Waals surface area (Å²) < 4.78 is 2.09. The van der Waals surface area contributed by atoms with Gasteiger partial charge in [-0.1, -0.05) is 13.8 Å². The highest BCUT2D eigenvalue weighted by Gasteiger charge is 2.07. The zero-order valence-corrected chi connectivity index (χ0v) is 9.80. The van der Waals surface area contributed by atoms with Gasteiger partial charge in [-0.05, 0) is 31.7 Å². The molecule has 80 valence electrons. The maximum absolute atomic E-state index is 5.64. The first-order valence-electron chi connectivity index (χ1n) is 5.41. The summed E-state index contributed by atoms with van der Waals surface area (Å²) in [5, 5.41) is 4.55. The van der Waals surface area contributed by atoms with Crippen LogP contribution in [0.5, 0.6) is 0 Å². The normalized spacial score (nSPS) is 11.1. The van der Waals surface area contributed by atoms with Gasteiger partial charge in [0.1, 0.15) is 0 Å². The maximum Gasteiger partial charge on any atom is 0.0625 e. The Labute approximate surface area is 91.3 Å². The standard InChI is InChI=1S/C11H19ClN2/c1-3-11(4-2)14-9-7-10(13-14)6-5-8-12/h7,9,11H,3-6,8H2,1-2H3. The summed E-state index contributed by atoms with van der Waals surface area (Å²) in [4.78, 5) is 0. The molecule has 0 unspecified atom stereocenters. The van der Waals surface area contributed by atoms with Crippen LogP contribution in [0.15, 0.2) is 12.3 Å². The second-order valence-electron chi connectivity index (χ2n) is 3.55. The fourth-order valence-electron chi connectivity index (χ4n) is 1.62. The molecule has 0 aliphatic carbocycles. The Morgan fingerprint density at radius 3 is 2.71 bits per heavy atom. The topological polar surface area (TPSA) is 17.8 Å². The van der Waals surface area contributed by atoms with Crippen molar-refractivity contribution in [2.45, 2.75) is 45.6 Å². The number of rotatable bonds is 6. The molecule has 0 radical (unpaired) electrons. The first-order valence-corrected chi connectivity index (χ1v) is 5.95. The molecule has 0 saturated heterocycles. The maximum atomic E-state index is 5.64. The van der Waals surface area contributed by atoms with Crippen molar-refractivity contribution in [2.75, 3.05) is 5.88 Å². The van der Waals surface area contributed by atoms with E-state index in [2.05, 4.69) is 35.9 Å². The fourth-order valence-corrected chi connectivity index (χ4v) is 1.76. The fraction of sp³-hybridized carbons (Fsp3) is 0.727. The monoisotopic (exact) mass is 214 g/mol. The summed E-state index contributed by atoms with van der Waals surface area (Å²) >= 11 is 5.64. The molecular formula is C11H19ClN2. The van der Waals surface area contributed by atoms with Crippen LogP contribution >= 0.6 is 11.6 Å². The number of nitrogens with zero attached hydrogens (tertiary/aromatic N) is 2. The zero-order valence-electron chi connectivity index (χ0n) is 9.04. The lowest BCUT2D eigenvalue weighted by atomic mass is 10.2. The molecular weight excluding hydrogens is 196 g/mol. The largest absolute Gasteiger partial charge is 0.269 e. The van der Waals surface area contributed by atoms with Crippen LogP contribution in [-0.4, -0.2) is 15.7 Å². The van der Waals surface area contributed by atoms with Gasteiger partial charge in [0, 0.05) is 12.1 Å². The molecule has 0 aliphatic rings. The quantitative estimate of drug-likeness (QED) is 0.664. The minimum absolute atomic E-state index is 0.555. The summed E-state index contributed by atoms with van der Waals surface area (Å²) in [5.74, 6) is 0.720. The number of aromatic nitrogens is 2. The van der Waals surface area contributed by atoms with Gasteiger partial charge in [0.25, 0.3) is 0 Å². The smallest absolute Gasteiger partial charge is 0.0625 e. The highest BCUT2D eigenvalue weighted by molar-refractivity contribution is 6.17. The molecule has 0 amide bonds. The van der Waals surface area contributed by atoms with E-state index in [1.165, 1.54) is 0 Å². The first-order chi connectivity index (χ1) is 6.81. The van der Waals surface area contributed by atoms with Crippen LogP contribution < -0.4 is 0 Å². The third kappa shape index (κ3) is 3.02. The molecule has 1 heterocycles. The van der Waals surface area contributed by atoms with Gasteiger partial charge in [0.15, 0.2) is 0 Å². The average molecular weight is 215 g/mol. The van der Waals surface area contributed by atoms with Crippen molar-refractivity contribution in [1.82, 2.24) is 9.78 Å². The van der Waals surface area contributed by atoms with E-state index in [9.17, 15) is 0 Å². The Kier molecular flexibility index (Phi) is 5.02. The van der Waals surface area contributed by atoms with Crippen molar-refractivity contribution < 1.29 is 0 Å². The molecule has 0 N–H and O–H groups in total. The van der Waals surface area contributed by atoms with Crippen LogP contribution in [0, 0.1) is 0 Å². The molecule has 1 aromatic rings. The Hall–Kier alpha value is -0.500. The van der Waals surface area contributed by atoms with E-state index in [0.717, 1.165) is 37.3 Å². The Bertz CT molecular complexity index is 254. The van der Waals surface area contributed by atoms with Gasteiger partial charge < -0.3 is 0 Å². The lowest BCUT2D eigenvalue weighted by molar-refractivity contribution is 0.425. The second kappa shape index (κ2) is 6.07. The summed E-state index contributed by atoms with van der Waals surface area (Å²) in [6, 6.07) is 2.66. The molecule has 1 aromatic heterocycles. The predicted molar refractivity (Wildman–Crippen MR) is 60.9 cm³/mol. The molecule has 3 heteroatoms. The van der Waals surface area contributed by atoms with E-state index >= 15 is 0 Å². The number of hydrogen-bond acceptors (Lipinski definition) is 1. The Balaban J connectivity index is 2.57. The van der Waals surface area contributed by atoms with Crippen molar-refractivity contribution in [3.63, 3.8) is 0 Å². The third-order valence-electron chi connectivity index (χ3n) is 2.55. The van der Waals surface area contributed by atoms with E-state index < -0.39 is 0 Å². The number of aryl methyl sites for hydroxylation is 1. The molecule has 14 heavy (non-hydrogen) atoms. The molecule has 0 bridgehead atoms. The SMILES string of the molecule is CCC(CC)n1ccc(CCCCl)n1. The van der Waals surface area contributed by atoms with Crippen LogP contribution in [0.1, 0.15) is 44.8 Å². The van der Waals surface area contributed by atoms with Crippen molar-refractivity contribution in [3.8, 4) is 0 Å². The molecule has 0 spiro atoms. The van der Waals surface area contributed by atoms with Crippen LogP contribution in [0.3, 0.4) is 0 Å². The highest BCUT2D eigenvalue weighted by Crippen LogP contribution is 2.14. The highest BCUT2D eigenvalue weighted by atomic mass is 35.5. The first kappa shape index (κ1) is 11.6. The van der Waals surface area contributed by atoms with E-state index in [4.69, 9.17) is 11.6 Å².